The van der Waals surface area contributed by atoms with Crippen LogP contribution in [0.5, 0.6) is 0 Å². The molecule has 0 aliphatic heterocycles. The summed E-state index contributed by atoms with van der Waals surface area (Å²) in [6.45, 7) is 5.66. The molecule has 0 atom stereocenters. The van der Waals surface area contributed by atoms with Crippen LogP contribution in [0.4, 0.5) is 4.79 Å². The fourth-order valence-corrected chi connectivity index (χ4v) is 0.655. The molecule has 0 heterocycles. The van der Waals surface area contributed by atoms with Gasteiger partial charge < -0.3 is 15.4 Å². The minimum atomic E-state index is -0.376. The summed E-state index contributed by atoms with van der Waals surface area (Å²) in [6, 6.07) is -0.376. The van der Waals surface area contributed by atoms with E-state index in [4.69, 9.17) is 0 Å². The van der Waals surface area contributed by atoms with E-state index in [0.29, 0.717) is 6.61 Å². The van der Waals surface area contributed by atoms with Gasteiger partial charge in [-0.05, 0) is 13.1 Å². The Morgan fingerprint density at radius 2 is 2.23 bits per heavy atom. The SMILES string of the molecule is C=CNC(=O)NCCC(=O)OCC. The Morgan fingerprint density at radius 1 is 1.54 bits per heavy atom. The van der Waals surface area contributed by atoms with Crippen molar-refractivity contribution < 1.29 is 14.3 Å². The Morgan fingerprint density at radius 3 is 2.77 bits per heavy atom. The standard InChI is InChI=1S/C8H14N2O3/c1-3-9-8(12)10-6-5-7(11)13-4-2/h3H,1,4-6H2,2H3,(H2,9,10,12). The van der Waals surface area contributed by atoms with Crippen molar-refractivity contribution in [2.75, 3.05) is 13.2 Å². The molecule has 0 aliphatic carbocycles. The number of nitrogens with one attached hydrogen (secondary N) is 2. The van der Waals surface area contributed by atoms with E-state index < -0.39 is 0 Å². The van der Waals surface area contributed by atoms with Crippen molar-refractivity contribution >= 4 is 12.0 Å². The lowest BCUT2D eigenvalue weighted by Crippen LogP contribution is -2.33. The molecule has 0 saturated heterocycles. The average Bonchev–Trinajstić information content (AvgIpc) is 2.05. The van der Waals surface area contributed by atoms with Crippen LogP contribution in [-0.4, -0.2) is 25.2 Å². The van der Waals surface area contributed by atoms with Crippen LogP contribution in [0.1, 0.15) is 13.3 Å². The number of urea groups is 1. The molecule has 74 valence electrons. The highest BCUT2D eigenvalue weighted by molar-refractivity contribution is 5.76. The van der Waals surface area contributed by atoms with E-state index in [-0.39, 0.29) is 25.0 Å². The van der Waals surface area contributed by atoms with Crippen molar-refractivity contribution in [3.05, 3.63) is 12.8 Å². The second-order valence-electron chi connectivity index (χ2n) is 2.16. The molecule has 2 amide bonds. The van der Waals surface area contributed by atoms with E-state index in [9.17, 15) is 9.59 Å². The second-order valence-corrected chi connectivity index (χ2v) is 2.16. The highest BCUT2D eigenvalue weighted by Gasteiger charge is 2.02. The Labute approximate surface area is 77.1 Å². The van der Waals surface area contributed by atoms with E-state index in [1.807, 2.05) is 0 Å². The highest BCUT2D eigenvalue weighted by atomic mass is 16.5. The largest absolute Gasteiger partial charge is 0.466 e. The first-order chi connectivity index (χ1) is 6.20. The average molecular weight is 186 g/mol. The molecule has 5 heteroatoms. The number of hydrogen-bond donors (Lipinski definition) is 2. The lowest BCUT2D eigenvalue weighted by molar-refractivity contribution is -0.142. The van der Waals surface area contributed by atoms with Crippen molar-refractivity contribution in [2.24, 2.45) is 0 Å². The second kappa shape index (κ2) is 7.15. The van der Waals surface area contributed by atoms with Crippen LogP contribution in [0.2, 0.25) is 0 Å². The normalized spacial score (nSPS) is 8.69. The van der Waals surface area contributed by atoms with E-state index >= 15 is 0 Å². The summed E-state index contributed by atoms with van der Waals surface area (Å²) in [4.78, 5) is 21.5. The van der Waals surface area contributed by atoms with Gasteiger partial charge >= 0.3 is 12.0 Å². The molecular weight excluding hydrogens is 172 g/mol. The quantitative estimate of drug-likeness (QED) is 0.610. The van der Waals surface area contributed by atoms with Crippen LogP contribution < -0.4 is 10.6 Å². The zero-order chi connectivity index (χ0) is 10.1. The summed E-state index contributed by atoms with van der Waals surface area (Å²) in [5.41, 5.74) is 0. The van der Waals surface area contributed by atoms with Gasteiger partial charge in [-0.1, -0.05) is 6.58 Å². The molecule has 0 unspecified atom stereocenters. The van der Waals surface area contributed by atoms with Crippen LogP contribution in [0, 0.1) is 0 Å². The number of hydrogen-bond acceptors (Lipinski definition) is 3. The summed E-state index contributed by atoms with van der Waals surface area (Å²) in [5.74, 6) is -0.318. The predicted octanol–water partition coefficient (Wildman–Crippen LogP) is 0.382. The Balaban J connectivity index is 3.38. The van der Waals surface area contributed by atoms with Gasteiger partial charge in [-0.15, -0.1) is 0 Å². The van der Waals surface area contributed by atoms with Gasteiger partial charge in [0.2, 0.25) is 0 Å². The van der Waals surface area contributed by atoms with Gasteiger partial charge in [0.1, 0.15) is 0 Å². The molecular formula is C8H14N2O3. The minimum absolute atomic E-state index is 0.179. The van der Waals surface area contributed by atoms with Crippen molar-refractivity contribution in [3.8, 4) is 0 Å². The first kappa shape index (κ1) is 11.5. The van der Waals surface area contributed by atoms with Crippen LogP contribution in [0.15, 0.2) is 12.8 Å². The third-order valence-electron chi connectivity index (χ3n) is 1.15. The molecule has 0 saturated carbocycles. The molecule has 0 spiro atoms. The molecule has 0 rings (SSSR count). The molecule has 0 aliphatic rings. The molecule has 0 aromatic heterocycles. The van der Waals surface area contributed by atoms with Gasteiger partial charge in [0.15, 0.2) is 0 Å². The maximum absolute atomic E-state index is 10.8. The van der Waals surface area contributed by atoms with Crippen molar-refractivity contribution in [2.45, 2.75) is 13.3 Å². The first-order valence-corrected chi connectivity index (χ1v) is 4.01. The summed E-state index contributed by atoms with van der Waals surface area (Å²) in [7, 11) is 0. The van der Waals surface area contributed by atoms with E-state index in [2.05, 4.69) is 21.9 Å². The lowest BCUT2D eigenvalue weighted by Gasteiger charge is -2.03. The van der Waals surface area contributed by atoms with Crippen LogP contribution in [0.25, 0.3) is 0 Å². The van der Waals surface area contributed by atoms with Gasteiger partial charge in [-0.25, -0.2) is 4.79 Å². The van der Waals surface area contributed by atoms with Crippen LogP contribution >= 0.6 is 0 Å². The monoisotopic (exact) mass is 186 g/mol. The summed E-state index contributed by atoms with van der Waals surface area (Å²) < 4.78 is 4.65. The molecule has 0 aromatic carbocycles. The van der Waals surface area contributed by atoms with Gasteiger partial charge in [-0.2, -0.15) is 0 Å². The summed E-state index contributed by atoms with van der Waals surface area (Å²) in [5, 5.41) is 4.76. The summed E-state index contributed by atoms with van der Waals surface area (Å²) in [6.07, 6.45) is 1.44. The fourth-order valence-electron chi connectivity index (χ4n) is 0.655. The third-order valence-corrected chi connectivity index (χ3v) is 1.15. The van der Waals surface area contributed by atoms with Gasteiger partial charge in [0.05, 0.1) is 13.0 Å². The predicted molar refractivity (Wildman–Crippen MR) is 48.0 cm³/mol. The van der Waals surface area contributed by atoms with E-state index in [0.717, 1.165) is 0 Å². The van der Waals surface area contributed by atoms with Gasteiger partial charge in [0, 0.05) is 6.54 Å². The molecule has 0 radical (unpaired) electrons. The molecule has 2 N–H and O–H groups in total. The zero-order valence-electron chi connectivity index (χ0n) is 7.63. The molecule has 13 heavy (non-hydrogen) atoms. The molecule has 0 bridgehead atoms. The maximum Gasteiger partial charge on any atom is 0.318 e. The topological polar surface area (TPSA) is 67.4 Å². The maximum atomic E-state index is 10.8. The van der Waals surface area contributed by atoms with Crippen LogP contribution in [-0.2, 0) is 9.53 Å². The number of ether oxygens (including phenoxy) is 1. The Kier molecular flexibility index (Phi) is 6.31. The lowest BCUT2D eigenvalue weighted by atomic mass is 10.4. The van der Waals surface area contributed by atoms with E-state index in [1.165, 1.54) is 6.20 Å². The number of carbonyl (C=O) groups excluding carboxylic acids is 2. The number of amides is 2. The zero-order valence-corrected chi connectivity index (χ0v) is 7.63. The summed E-state index contributed by atoms with van der Waals surface area (Å²) >= 11 is 0. The highest BCUT2D eigenvalue weighted by Crippen LogP contribution is 1.83. The Hall–Kier alpha value is -1.52. The van der Waals surface area contributed by atoms with Gasteiger partial charge in [0.25, 0.3) is 0 Å². The third kappa shape index (κ3) is 6.86. The van der Waals surface area contributed by atoms with Crippen LogP contribution in [0.3, 0.4) is 0 Å². The number of carbonyl (C=O) groups is 2. The molecule has 0 fully saturated rings. The van der Waals surface area contributed by atoms with Gasteiger partial charge in [-0.3, -0.25) is 4.79 Å². The number of esters is 1. The minimum Gasteiger partial charge on any atom is -0.466 e. The molecule has 5 nitrogen and oxygen atoms in total. The Bertz CT molecular complexity index is 192. The van der Waals surface area contributed by atoms with Crippen molar-refractivity contribution in [1.82, 2.24) is 10.6 Å². The number of rotatable bonds is 5. The smallest absolute Gasteiger partial charge is 0.318 e. The van der Waals surface area contributed by atoms with Crippen molar-refractivity contribution in [1.29, 1.82) is 0 Å². The first-order valence-electron chi connectivity index (χ1n) is 4.01. The van der Waals surface area contributed by atoms with Crippen molar-refractivity contribution in [3.63, 3.8) is 0 Å². The molecule has 0 aromatic rings. The fraction of sp³-hybridized carbons (Fsp3) is 0.500. The van der Waals surface area contributed by atoms with E-state index in [1.54, 1.807) is 6.92 Å².